The molecular weight excluding hydrogens is 289 g/mol. The Kier molecular flexibility index (Phi) is 4.95. The minimum absolute atomic E-state index is 0.161. The van der Waals surface area contributed by atoms with Gasteiger partial charge in [0.05, 0.1) is 0 Å². The van der Waals surface area contributed by atoms with Crippen LogP contribution >= 0.6 is 11.8 Å². The summed E-state index contributed by atoms with van der Waals surface area (Å²) in [6.07, 6.45) is -2.35. The van der Waals surface area contributed by atoms with E-state index in [0.717, 1.165) is 24.3 Å². The molecule has 0 aliphatic carbocycles. The van der Waals surface area contributed by atoms with E-state index in [-0.39, 0.29) is 11.6 Å². The number of halogens is 3. The molecule has 0 saturated carbocycles. The Labute approximate surface area is 120 Å². The molecule has 1 aliphatic rings. The summed E-state index contributed by atoms with van der Waals surface area (Å²) in [5.41, 5.74) is 0. The van der Waals surface area contributed by atoms with E-state index < -0.39 is 12.0 Å². The van der Waals surface area contributed by atoms with Crippen molar-refractivity contribution in [1.82, 2.24) is 9.97 Å². The molecule has 0 bridgehead atoms. The minimum atomic E-state index is -4.54. The molecule has 0 amide bonds. The highest BCUT2D eigenvalue weighted by Crippen LogP contribution is 2.28. The topological polar surface area (TPSA) is 49.8 Å². The number of anilines is 2. The van der Waals surface area contributed by atoms with Crippen LogP contribution in [0.2, 0.25) is 0 Å². The van der Waals surface area contributed by atoms with Gasteiger partial charge in [0.15, 0.2) is 0 Å². The van der Waals surface area contributed by atoms with Gasteiger partial charge in [-0.3, -0.25) is 0 Å². The van der Waals surface area contributed by atoms with E-state index >= 15 is 0 Å². The number of aromatic nitrogens is 2. The van der Waals surface area contributed by atoms with Gasteiger partial charge in [-0.05, 0) is 30.3 Å². The molecule has 0 radical (unpaired) electrons. The Morgan fingerprint density at radius 3 is 2.50 bits per heavy atom. The highest BCUT2D eigenvalue weighted by molar-refractivity contribution is 7.99. The summed E-state index contributed by atoms with van der Waals surface area (Å²) in [5.74, 6) is 1.99. The highest BCUT2D eigenvalue weighted by atomic mass is 32.2. The van der Waals surface area contributed by atoms with E-state index in [0.29, 0.717) is 12.5 Å². The van der Waals surface area contributed by atoms with Crippen LogP contribution in [0, 0.1) is 5.92 Å². The maximum atomic E-state index is 12.7. The Balaban J connectivity index is 2.06. The van der Waals surface area contributed by atoms with E-state index in [1.807, 2.05) is 11.8 Å². The average Bonchev–Trinajstić information content (AvgIpc) is 2.45. The second-order valence-electron chi connectivity index (χ2n) is 4.65. The molecule has 112 valence electrons. The molecule has 0 unspecified atom stereocenters. The van der Waals surface area contributed by atoms with Gasteiger partial charge in [-0.15, -0.1) is 0 Å². The monoisotopic (exact) mass is 306 g/mol. The zero-order valence-electron chi connectivity index (χ0n) is 11.1. The zero-order valence-corrected chi connectivity index (χ0v) is 11.9. The van der Waals surface area contributed by atoms with Crippen molar-refractivity contribution in [3.8, 4) is 0 Å². The Morgan fingerprint density at radius 1 is 1.25 bits per heavy atom. The first-order chi connectivity index (χ1) is 9.49. The summed E-state index contributed by atoms with van der Waals surface area (Å²) >= 11 is 1.92. The van der Waals surface area contributed by atoms with Crippen molar-refractivity contribution < 1.29 is 13.2 Å². The number of nitrogens with one attached hydrogen (secondary N) is 2. The van der Waals surface area contributed by atoms with Gasteiger partial charge in [0.25, 0.3) is 0 Å². The van der Waals surface area contributed by atoms with E-state index in [2.05, 4.69) is 20.6 Å². The van der Waals surface area contributed by atoms with Crippen LogP contribution in [-0.4, -0.2) is 35.1 Å². The first-order valence-corrected chi connectivity index (χ1v) is 7.60. The molecular formula is C12H17F3N4S. The van der Waals surface area contributed by atoms with Crippen LogP contribution in [0.3, 0.4) is 0 Å². The van der Waals surface area contributed by atoms with Gasteiger partial charge in [-0.2, -0.15) is 24.9 Å². The summed E-state index contributed by atoms with van der Waals surface area (Å²) in [6.45, 7) is 0.651. The molecule has 2 heterocycles. The largest absolute Gasteiger partial charge is 0.451 e. The number of rotatable bonds is 4. The van der Waals surface area contributed by atoms with Gasteiger partial charge >= 0.3 is 6.18 Å². The van der Waals surface area contributed by atoms with E-state index in [1.54, 1.807) is 0 Å². The van der Waals surface area contributed by atoms with Crippen LogP contribution in [0.25, 0.3) is 0 Å². The molecule has 1 aliphatic heterocycles. The van der Waals surface area contributed by atoms with E-state index in [4.69, 9.17) is 0 Å². The van der Waals surface area contributed by atoms with Gasteiger partial charge in [0.1, 0.15) is 11.6 Å². The van der Waals surface area contributed by atoms with Crippen LogP contribution in [0.15, 0.2) is 6.07 Å². The van der Waals surface area contributed by atoms with Crippen molar-refractivity contribution in [2.24, 2.45) is 5.92 Å². The van der Waals surface area contributed by atoms with Crippen molar-refractivity contribution >= 4 is 23.4 Å². The summed E-state index contributed by atoms with van der Waals surface area (Å²) in [5, 5.41) is 5.62. The second kappa shape index (κ2) is 6.51. The SMILES string of the molecule is CNc1cc(NCC2CCSCC2)nc(C(F)(F)F)n1. The standard InChI is InChI=1S/C12H17F3N4S/c1-16-9-6-10(19-11(18-9)12(13,14)15)17-7-8-2-4-20-5-3-8/h6,8H,2-5,7H2,1H3,(H2,16,17,18,19). The molecule has 2 N–H and O–H groups in total. The number of hydrogen-bond acceptors (Lipinski definition) is 5. The second-order valence-corrected chi connectivity index (χ2v) is 5.87. The van der Waals surface area contributed by atoms with E-state index in [1.165, 1.54) is 13.1 Å². The molecule has 0 spiro atoms. The predicted molar refractivity (Wildman–Crippen MR) is 75.1 cm³/mol. The molecule has 0 aromatic carbocycles. The minimum Gasteiger partial charge on any atom is -0.373 e. The molecule has 1 aromatic heterocycles. The molecule has 1 aromatic rings. The van der Waals surface area contributed by atoms with Gasteiger partial charge in [0, 0.05) is 19.7 Å². The van der Waals surface area contributed by atoms with Crippen LogP contribution in [-0.2, 0) is 6.18 Å². The third kappa shape index (κ3) is 4.16. The molecule has 4 nitrogen and oxygen atoms in total. The van der Waals surface area contributed by atoms with Crippen LogP contribution < -0.4 is 10.6 Å². The van der Waals surface area contributed by atoms with Gasteiger partial charge < -0.3 is 10.6 Å². The lowest BCUT2D eigenvalue weighted by Gasteiger charge is -2.22. The molecule has 0 atom stereocenters. The van der Waals surface area contributed by atoms with Gasteiger partial charge in [0.2, 0.25) is 5.82 Å². The fourth-order valence-corrected chi connectivity index (χ4v) is 3.20. The summed E-state index contributed by atoms with van der Waals surface area (Å²) in [6, 6.07) is 1.49. The third-order valence-electron chi connectivity index (χ3n) is 3.15. The van der Waals surface area contributed by atoms with Crippen molar-refractivity contribution in [2.75, 3.05) is 35.7 Å². The molecule has 2 rings (SSSR count). The average molecular weight is 306 g/mol. The fourth-order valence-electron chi connectivity index (χ4n) is 1.99. The molecule has 1 fully saturated rings. The Bertz CT molecular complexity index is 447. The zero-order chi connectivity index (χ0) is 14.6. The quantitative estimate of drug-likeness (QED) is 0.895. The fraction of sp³-hybridized carbons (Fsp3) is 0.667. The summed E-state index contributed by atoms with van der Waals surface area (Å²) in [7, 11) is 1.53. The van der Waals surface area contributed by atoms with Crippen molar-refractivity contribution in [1.29, 1.82) is 0 Å². The lowest BCUT2D eigenvalue weighted by molar-refractivity contribution is -0.144. The first-order valence-electron chi connectivity index (χ1n) is 6.44. The van der Waals surface area contributed by atoms with Crippen molar-refractivity contribution in [3.63, 3.8) is 0 Å². The summed E-state index contributed by atoms with van der Waals surface area (Å²) in [4.78, 5) is 6.97. The van der Waals surface area contributed by atoms with Crippen LogP contribution in [0.4, 0.5) is 24.8 Å². The maximum absolute atomic E-state index is 12.7. The molecule has 1 saturated heterocycles. The maximum Gasteiger partial charge on any atom is 0.451 e. The van der Waals surface area contributed by atoms with Gasteiger partial charge in [-0.1, -0.05) is 0 Å². The number of thioether (sulfide) groups is 1. The predicted octanol–water partition coefficient (Wildman–Crippen LogP) is 3.09. The van der Waals surface area contributed by atoms with Crippen molar-refractivity contribution in [3.05, 3.63) is 11.9 Å². The van der Waals surface area contributed by atoms with Crippen LogP contribution in [0.5, 0.6) is 0 Å². The number of alkyl halides is 3. The van der Waals surface area contributed by atoms with Crippen LogP contribution in [0.1, 0.15) is 18.7 Å². The normalized spacial score (nSPS) is 17.0. The molecule has 20 heavy (non-hydrogen) atoms. The van der Waals surface area contributed by atoms with E-state index in [9.17, 15) is 13.2 Å². The number of nitrogens with zero attached hydrogens (tertiary/aromatic N) is 2. The highest BCUT2D eigenvalue weighted by Gasteiger charge is 2.35. The summed E-state index contributed by atoms with van der Waals surface area (Å²) < 4.78 is 38.1. The lowest BCUT2D eigenvalue weighted by Crippen LogP contribution is -2.21. The smallest absolute Gasteiger partial charge is 0.373 e. The first kappa shape index (κ1) is 15.2. The van der Waals surface area contributed by atoms with Crippen molar-refractivity contribution in [2.45, 2.75) is 19.0 Å². The molecule has 8 heteroatoms. The Hall–Kier alpha value is -1.18. The lowest BCUT2D eigenvalue weighted by atomic mass is 10.0. The third-order valence-corrected chi connectivity index (χ3v) is 4.20. The Morgan fingerprint density at radius 2 is 1.90 bits per heavy atom. The number of hydrogen-bond donors (Lipinski definition) is 2. The van der Waals surface area contributed by atoms with Gasteiger partial charge in [-0.25, -0.2) is 9.97 Å².